The summed E-state index contributed by atoms with van der Waals surface area (Å²) < 4.78 is 0. The van der Waals surface area contributed by atoms with Gasteiger partial charge in [0.1, 0.15) is 0 Å². The van der Waals surface area contributed by atoms with Crippen LogP contribution in [-0.4, -0.2) is 41.4 Å². The Kier molecular flexibility index (Phi) is 7.68. The summed E-state index contributed by atoms with van der Waals surface area (Å²) in [6.07, 6.45) is 9.07. The summed E-state index contributed by atoms with van der Waals surface area (Å²) in [7, 11) is 0. The highest BCUT2D eigenvalue weighted by atomic mass is 16.2. The molecule has 0 aromatic heterocycles. The minimum atomic E-state index is 0.155. The second-order valence-corrected chi connectivity index (χ2v) is 6.48. The fraction of sp³-hybridized carbons (Fsp3) is 0.409. The van der Waals surface area contributed by atoms with Crippen LogP contribution in [0, 0.1) is 0 Å². The van der Waals surface area contributed by atoms with Crippen molar-refractivity contribution in [3.05, 3.63) is 73.0 Å². The molecule has 2 rings (SSSR count). The minimum absolute atomic E-state index is 0.155. The molecule has 0 unspecified atom stereocenters. The largest absolute Gasteiger partial charge is 0.308 e. The number of carbonyl (C=O) groups excluding carboxylic acids is 1. The van der Waals surface area contributed by atoms with Crippen LogP contribution in [0.4, 0.5) is 0 Å². The predicted molar refractivity (Wildman–Crippen MR) is 105 cm³/mol. The molecule has 0 N–H and O–H groups in total. The van der Waals surface area contributed by atoms with Crippen LogP contribution < -0.4 is 0 Å². The van der Waals surface area contributed by atoms with Crippen LogP contribution in [0.5, 0.6) is 0 Å². The Bertz CT molecular complexity index is 606. The number of hydrogen-bond acceptors (Lipinski definition) is 2. The number of carbonyl (C=O) groups is 1. The molecule has 25 heavy (non-hydrogen) atoms. The molecule has 0 radical (unpaired) electrons. The first-order valence-electron chi connectivity index (χ1n) is 9.23. The molecule has 1 aliphatic heterocycles. The highest BCUT2D eigenvalue weighted by molar-refractivity contribution is 5.78. The molecule has 1 aliphatic rings. The quantitative estimate of drug-likeness (QED) is 0.664. The standard InChI is InChI=1S/C22H30N2O/c1-4-11-20(5-2)24(22(25)6-3)21-14-10-16-23(18-21)17-15-19-12-8-7-9-13-19/h4-5,7-9,11-13,21H,1-2,6,10,14-18H2,3H3/b20-11+/t21-/m1/s1. The van der Waals surface area contributed by atoms with E-state index in [-0.39, 0.29) is 11.9 Å². The zero-order valence-electron chi connectivity index (χ0n) is 15.4. The number of benzene rings is 1. The third-order valence-corrected chi connectivity index (χ3v) is 4.75. The summed E-state index contributed by atoms with van der Waals surface area (Å²) in [5.74, 6) is 0.155. The molecular formula is C22H30N2O. The molecule has 0 saturated carbocycles. The number of rotatable bonds is 8. The van der Waals surface area contributed by atoms with Crippen LogP contribution >= 0.6 is 0 Å². The van der Waals surface area contributed by atoms with Gasteiger partial charge in [-0.1, -0.05) is 56.5 Å². The van der Waals surface area contributed by atoms with Crippen LogP contribution in [0.2, 0.25) is 0 Å². The highest BCUT2D eigenvalue weighted by Gasteiger charge is 2.29. The summed E-state index contributed by atoms with van der Waals surface area (Å²) in [6, 6.07) is 10.8. The molecule has 1 amide bonds. The van der Waals surface area contributed by atoms with E-state index in [9.17, 15) is 4.79 Å². The van der Waals surface area contributed by atoms with Crippen molar-refractivity contribution in [2.24, 2.45) is 0 Å². The number of hydrogen-bond donors (Lipinski definition) is 0. The molecule has 1 saturated heterocycles. The van der Waals surface area contributed by atoms with Gasteiger partial charge in [-0.25, -0.2) is 0 Å². The maximum atomic E-state index is 12.6. The van der Waals surface area contributed by atoms with Crippen LogP contribution in [0.3, 0.4) is 0 Å². The van der Waals surface area contributed by atoms with Gasteiger partial charge in [-0.15, -0.1) is 0 Å². The SMILES string of the molecule is C=C/C=C(\C=C)N(C(=O)CC)[C@@H]1CCCN(CCc2ccccc2)C1. The Balaban J connectivity index is 2.05. The van der Waals surface area contributed by atoms with Gasteiger partial charge in [0.15, 0.2) is 0 Å². The Morgan fingerprint density at radius 3 is 2.72 bits per heavy atom. The van der Waals surface area contributed by atoms with Crippen LogP contribution in [0.1, 0.15) is 31.7 Å². The molecule has 1 heterocycles. The number of nitrogens with zero attached hydrogens (tertiary/aromatic N) is 2. The van der Waals surface area contributed by atoms with Gasteiger partial charge in [0, 0.05) is 31.2 Å². The lowest BCUT2D eigenvalue weighted by molar-refractivity contribution is -0.131. The molecular weight excluding hydrogens is 308 g/mol. The van der Waals surface area contributed by atoms with Crippen molar-refractivity contribution in [1.82, 2.24) is 9.80 Å². The monoisotopic (exact) mass is 338 g/mol. The lowest BCUT2D eigenvalue weighted by atomic mass is 10.0. The van der Waals surface area contributed by atoms with Crippen molar-refractivity contribution in [3.8, 4) is 0 Å². The number of likely N-dealkylation sites (tertiary alicyclic amines) is 1. The second-order valence-electron chi connectivity index (χ2n) is 6.48. The van der Waals surface area contributed by atoms with Gasteiger partial charge >= 0.3 is 0 Å². The van der Waals surface area contributed by atoms with Gasteiger partial charge in [-0.2, -0.15) is 0 Å². The Morgan fingerprint density at radius 1 is 1.32 bits per heavy atom. The fourth-order valence-corrected chi connectivity index (χ4v) is 3.47. The van der Waals surface area contributed by atoms with E-state index in [1.807, 2.05) is 17.9 Å². The zero-order chi connectivity index (χ0) is 18.1. The molecule has 3 nitrogen and oxygen atoms in total. The van der Waals surface area contributed by atoms with Gasteiger partial charge in [-0.05, 0) is 43.5 Å². The lowest BCUT2D eigenvalue weighted by Crippen LogP contribution is -2.49. The zero-order valence-corrected chi connectivity index (χ0v) is 15.4. The average molecular weight is 338 g/mol. The second kappa shape index (κ2) is 10.00. The van der Waals surface area contributed by atoms with Crippen LogP contribution in [0.15, 0.2) is 67.4 Å². The molecule has 0 aliphatic carbocycles. The summed E-state index contributed by atoms with van der Waals surface area (Å²) in [6.45, 7) is 12.6. The first kappa shape index (κ1) is 19.2. The minimum Gasteiger partial charge on any atom is -0.308 e. The number of allylic oxidation sites excluding steroid dienone is 3. The molecule has 1 atom stereocenters. The molecule has 1 aromatic rings. The van der Waals surface area contributed by atoms with Crippen molar-refractivity contribution in [3.63, 3.8) is 0 Å². The third-order valence-electron chi connectivity index (χ3n) is 4.75. The van der Waals surface area contributed by atoms with E-state index in [0.29, 0.717) is 6.42 Å². The van der Waals surface area contributed by atoms with E-state index in [1.54, 1.807) is 12.2 Å². The number of amides is 1. The topological polar surface area (TPSA) is 23.6 Å². The van der Waals surface area contributed by atoms with Crippen LogP contribution in [0.25, 0.3) is 0 Å². The molecule has 0 spiro atoms. The summed E-state index contributed by atoms with van der Waals surface area (Å²) in [4.78, 5) is 17.0. The number of piperidine rings is 1. The molecule has 134 valence electrons. The lowest BCUT2D eigenvalue weighted by Gasteiger charge is -2.40. The van der Waals surface area contributed by atoms with E-state index in [0.717, 1.165) is 44.6 Å². The Morgan fingerprint density at radius 2 is 2.08 bits per heavy atom. The molecule has 1 fully saturated rings. The van der Waals surface area contributed by atoms with Gasteiger partial charge in [0.05, 0.1) is 0 Å². The normalized spacial score (nSPS) is 18.6. The predicted octanol–water partition coefficient (Wildman–Crippen LogP) is 4.19. The van der Waals surface area contributed by atoms with Crippen molar-refractivity contribution < 1.29 is 4.79 Å². The van der Waals surface area contributed by atoms with Crippen molar-refractivity contribution >= 4 is 5.91 Å². The van der Waals surface area contributed by atoms with Crippen molar-refractivity contribution in [1.29, 1.82) is 0 Å². The van der Waals surface area contributed by atoms with Crippen molar-refractivity contribution in [2.75, 3.05) is 19.6 Å². The Hall–Kier alpha value is -2.13. The van der Waals surface area contributed by atoms with E-state index < -0.39 is 0 Å². The average Bonchev–Trinajstić information content (AvgIpc) is 2.67. The fourth-order valence-electron chi connectivity index (χ4n) is 3.47. The molecule has 1 aromatic carbocycles. The molecule has 0 bridgehead atoms. The van der Waals surface area contributed by atoms with Gasteiger partial charge < -0.3 is 9.80 Å². The maximum Gasteiger partial charge on any atom is 0.227 e. The van der Waals surface area contributed by atoms with Gasteiger partial charge in [0.25, 0.3) is 0 Å². The first-order valence-corrected chi connectivity index (χ1v) is 9.23. The molecule has 3 heteroatoms. The van der Waals surface area contributed by atoms with E-state index in [2.05, 4.69) is 48.4 Å². The van der Waals surface area contributed by atoms with Crippen LogP contribution in [-0.2, 0) is 11.2 Å². The summed E-state index contributed by atoms with van der Waals surface area (Å²) >= 11 is 0. The summed E-state index contributed by atoms with van der Waals surface area (Å²) in [5, 5.41) is 0. The Labute approximate surface area is 152 Å². The van der Waals surface area contributed by atoms with E-state index >= 15 is 0 Å². The van der Waals surface area contributed by atoms with E-state index in [4.69, 9.17) is 0 Å². The first-order chi connectivity index (χ1) is 12.2. The van der Waals surface area contributed by atoms with E-state index in [1.165, 1.54) is 5.56 Å². The van der Waals surface area contributed by atoms with Gasteiger partial charge in [0.2, 0.25) is 5.91 Å². The maximum absolute atomic E-state index is 12.6. The van der Waals surface area contributed by atoms with Gasteiger partial charge in [-0.3, -0.25) is 4.79 Å². The van der Waals surface area contributed by atoms with Crippen molar-refractivity contribution in [2.45, 2.75) is 38.6 Å². The third kappa shape index (κ3) is 5.43. The highest BCUT2D eigenvalue weighted by Crippen LogP contribution is 2.22. The summed E-state index contributed by atoms with van der Waals surface area (Å²) in [5.41, 5.74) is 2.22. The smallest absolute Gasteiger partial charge is 0.227 e.